The van der Waals surface area contributed by atoms with Gasteiger partial charge in [0.1, 0.15) is 10.3 Å². The van der Waals surface area contributed by atoms with Gasteiger partial charge in [-0.1, -0.05) is 6.07 Å². The van der Waals surface area contributed by atoms with E-state index in [0.29, 0.717) is 25.9 Å². The molecule has 4 rings (SSSR count). The van der Waals surface area contributed by atoms with E-state index in [-0.39, 0.29) is 10.1 Å². The summed E-state index contributed by atoms with van der Waals surface area (Å²) in [5.74, 6) is -0.218. The number of pyridine rings is 1. The molecule has 30 heavy (non-hydrogen) atoms. The number of aromatic nitrogens is 2. The molecule has 0 saturated carbocycles. The second kappa shape index (κ2) is 9.34. The molecule has 1 aliphatic heterocycles. The second-order valence-corrected chi connectivity index (χ2v) is 11.0. The largest absolute Gasteiger partial charge is 0.355 e. The Balaban J connectivity index is 1.28. The van der Waals surface area contributed by atoms with Gasteiger partial charge in [-0.25, -0.2) is 13.4 Å². The lowest BCUT2D eigenvalue weighted by atomic mass is 10.2. The number of sulfonamides is 1. The Hall–Kier alpha value is -2.14. The molecular weight excluding hydrogens is 440 g/mol. The lowest BCUT2D eigenvalue weighted by molar-refractivity contribution is -0.124. The van der Waals surface area contributed by atoms with Gasteiger partial charge in [-0.3, -0.25) is 9.78 Å². The lowest BCUT2D eigenvalue weighted by Crippen LogP contribution is -2.45. The first-order chi connectivity index (χ1) is 14.6. The van der Waals surface area contributed by atoms with Gasteiger partial charge in [-0.2, -0.15) is 4.31 Å². The zero-order valence-electron chi connectivity index (χ0n) is 16.2. The van der Waals surface area contributed by atoms with Crippen LogP contribution in [0.4, 0.5) is 0 Å². The highest BCUT2D eigenvalue weighted by Gasteiger charge is 2.39. The third kappa shape index (κ3) is 4.61. The van der Waals surface area contributed by atoms with E-state index in [1.54, 1.807) is 41.2 Å². The van der Waals surface area contributed by atoms with E-state index >= 15 is 0 Å². The molecule has 1 fully saturated rings. The minimum absolute atomic E-state index is 0.218. The molecule has 0 bridgehead atoms. The second-order valence-electron chi connectivity index (χ2n) is 6.96. The van der Waals surface area contributed by atoms with Crippen molar-refractivity contribution in [1.82, 2.24) is 19.6 Å². The highest BCUT2D eigenvalue weighted by Crippen LogP contribution is 2.28. The van der Waals surface area contributed by atoms with E-state index in [0.717, 1.165) is 29.1 Å². The van der Waals surface area contributed by atoms with E-state index in [4.69, 9.17) is 0 Å². The van der Waals surface area contributed by atoms with Crippen LogP contribution in [0.15, 0.2) is 51.6 Å². The van der Waals surface area contributed by atoms with Crippen LogP contribution in [-0.4, -0.2) is 47.7 Å². The summed E-state index contributed by atoms with van der Waals surface area (Å²) in [7, 11) is -3.61. The van der Waals surface area contributed by atoms with Crippen LogP contribution in [-0.2, 0) is 21.2 Å². The van der Waals surface area contributed by atoms with Crippen LogP contribution < -0.4 is 5.32 Å². The summed E-state index contributed by atoms with van der Waals surface area (Å²) >= 11 is 2.78. The van der Waals surface area contributed by atoms with E-state index in [1.165, 1.54) is 15.6 Å². The molecule has 3 aromatic rings. The molecule has 4 heterocycles. The standard InChI is InChI=1S/C20H22N4O3S3/c25-20(17-4-2-12-24(17)30(26,27)19-6-3-13-28-19)22-9-1-5-18-23-16(14-29-18)15-7-10-21-11-8-15/h3,6-8,10-11,13-14,17H,1-2,4-5,9,12H2,(H,22,25). The number of thiophene rings is 1. The van der Waals surface area contributed by atoms with Gasteiger partial charge in [-0.15, -0.1) is 22.7 Å². The Morgan fingerprint density at radius 1 is 1.23 bits per heavy atom. The van der Waals surface area contributed by atoms with E-state index in [9.17, 15) is 13.2 Å². The zero-order valence-corrected chi connectivity index (χ0v) is 18.7. The van der Waals surface area contributed by atoms with Gasteiger partial charge in [0.15, 0.2) is 0 Å². The molecular formula is C20H22N4O3S3. The van der Waals surface area contributed by atoms with Crippen molar-refractivity contribution in [2.45, 2.75) is 35.9 Å². The molecule has 1 aliphatic rings. The SMILES string of the molecule is O=C(NCCCc1nc(-c2ccncc2)cs1)C1CCCN1S(=O)(=O)c1cccs1. The van der Waals surface area contributed by atoms with Crippen LogP contribution in [0.1, 0.15) is 24.3 Å². The Bertz CT molecular complexity index is 1080. The van der Waals surface area contributed by atoms with Crippen LogP contribution in [0.2, 0.25) is 0 Å². The average Bonchev–Trinajstić information content (AvgIpc) is 3.53. The number of carbonyl (C=O) groups is 1. The van der Waals surface area contributed by atoms with Crippen molar-refractivity contribution < 1.29 is 13.2 Å². The van der Waals surface area contributed by atoms with Crippen molar-refractivity contribution >= 4 is 38.6 Å². The Morgan fingerprint density at radius 2 is 2.07 bits per heavy atom. The maximum atomic E-state index is 12.8. The van der Waals surface area contributed by atoms with Gasteiger partial charge in [0.05, 0.1) is 10.7 Å². The number of nitrogens with zero attached hydrogens (tertiary/aromatic N) is 3. The first kappa shape index (κ1) is 21.1. The highest BCUT2D eigenvalue weighted by atomic mass is 32.2. The van der Waals surface area contributed by atoms with Gasteiger partial charge in [0, 0.05) is 42.8 Å². The van der Waals surface area contributed by atoms with E-state index in [2.05, 4.69) is 15.3 Å². The van der Waals surface area contributed by atoms with Gasteiger partial charge in [-0.05, 0) is 42.8 Å². The summed E-state index contributed by atoms with van der Waals surface area (Å²) in [6.45, 7) is 0.877. The van der Waals surface area contributed by atoms with Crippen LogP contribution in [0.25, 0.3) is 11.3 Å². The van der Waals surface area contributed by atoms with Crippen LogP contribution in [0.3, 0.4) is 0 Å². The van der Waals surface area contributed by atoms with Gasteiger partial charge < -0.3 is 5.32 Å². The smallest absolute Gasteiger partial charge is 0.253 e. The number of thiazole rings is 1. The quantitative estimate of drug-likeness (QED) is 0.519. The molecule has 1 saturated heterocycles. The first-order valence-corrected chi connectivity index (χ1v) is 12.9. The van der Waals surface area contributed by atoms with Crippen LogP contribution in [0.5, 0.6) is 0 Å². The first-order valence-electron chi connectivity index (χ1n) is 9.73. The molecule has 10 heteroatoms. The predicted octanol–water partition coefficient (Wildman–Crippen LogP) is 3.17. The number of aryl methyl sites for hydroxylation is 1. The number of amides is 1. The van der Waals surface area contributed by atoms with E-state index < -0.39 is 16.1 Å². The molecule has 1 N–H and O–H groups in total. The molecule has 1 amide bonds. The summed E-state index contributed by atoms with van der Waals surface area (Å²) < 4.78 is 27.2. The molecule has 3 aromatic heterocycles. The van der Waals surface area contributed by atoms with Gasteiger partial charge >= 0.3 is 0 Å². The topological polar surface area (TPSA) is 92.3 Å². The van der Waals surface area contributed by atoms with Crippen molar-refractivity contribution in [2.24, 2.45) is 0 Å². The third-order valence-electron chi connectivity index (χ3n) is 4.96. The summed E-state index contributed by atoms with van der Waals surface area (Å²) in [6.07, 6.45) is 6.25. The van der Waals surface area contributed by atoms with Crippen molar-refractivity contribution in [3.63, 3.8) is 0 Å². The molecule has 0 aromatic carbocycles. The Labute approximate surface area is 183 Å². The number of carbonyl (C=O) groups excluding carboxylic acids is 1. The Morgan fingerprint density at radius 3 is 2.83 bits per heavy atom. The number of hydrogen-bond acceptors (Lipinski definition) is 7. The van der Waals surface area contributed by atoms with Crippen LogP contribution in [0, 0.1) is 0 Å². The highest BCUT2D eigenvalue weighted by molar-refractivity contribution is 7.91. The molecule has 0 radical (unpaired) electrons. The lowest BCUT2D eigenvalue weighted by Gasteiger charge is -2.22. The van der Waals surface area contributed by atoms with Crippen LogP contribution >= 0.6 is 22.7 Å². The van der Waals surface area contributed by atoms with Crippen molar-refractivity contribution in [3.8, 4) is 11.3 Å². The average molecular weight is 463 g/mol. The van der Waals surface area contributed by atoms with Crippen molar-refractivity contribution in [3.05, 3.63) is 52.4 Å². The normalized spacial score (nSPS) is 17.3. The zero-order chi connectivity index (χ0) is 21.0. The fourth-order valence-electron chi connectivity index (χ4n) is 3.47. The fourth-order valence-corrected chi connectivity index (χ4v) is 7.09. The molecule has 0 aliphatic carbocycles. The predicted molar refractivity (Wildman–Crippen MR) is 118 cm³/mol. The third-order valence-corrected chi connectivity index (χ3v) is 9.15. The maximum Gasteiger partial charge on any atom is 0.253 e. The minimum Gasteiger partial charge on any atom is -0.355 e. The fraction of sp³-hybridized carbons (Fsp3) is 0.350. The van der Waals surface area contributed by atoms with Gasteiger partial charge in [0.2, 0.25) is 5.91 Å². The number of rotatable bonds is 8. The molecule has 158 valence electrons. The molecule has 7 nitrogen and oxygen atoms in total. The van der Waals surface area contributed by atoms with Gasteiger partial charge in [0.25, 0.3) is 10.0 Å². The molecule has 1 unspecified atom stereocenters. The summed E-state index contributed by atoms with van der Waals surface area (Å²) in [5.41, 5.74) is 1.97. The van der Waals surface area contributed by atoms with Crippen molar-refractivity contribution in [2.75, 3.05) is 13.1 Å². The monoisotopic (exact) mass is 462 g/mol. The summed E-state index contributed by atoms with van der Waals surface area (Å²) in [6, 6.07) is 6.52. The summed E-state index contributed by atoms with van der Waals surface area (Å²) in [5, 5.41) is 7.68. The number of nitrogens with one attached hydrogen (secondary N) is 1. The maximum absolute atomic E-state index is 12.8. The molecule has 1 atom stereocenters. The molecule has 0 spiro atoms. The number of hydrogen-bond donors (Lipinski definition) is 1. The minimum atomic E-state index is -3.61. The van der Waals surface area contributed by atoms with Crippen molar-refractivity contribution in [1.29, 1.82) is 0 Å². The summed E-state index contributed by atoms with van der Waals surface area (Å²) in [4.78, 5) is 21.3. The Kier molecular flexibility index (Phi) is 6.57. The van der Waals surface area contributed by atoms with E-state index in [1.807, 2.05) is 17.5 Å².